The molecule has 0 bridgehead atoms. The number of carbonyl (C=O) groups excluding carboxylic acids is 1. The molecule has 0 saturated carbocycles. The zero-order valence-electron chi connectivity index (χ0n) is 12.4. The van der Waals surface area contributed by atoms with Crippen molar-refractivity contribution in [2.75, 3.05) is 6.54 Å². The number of phenolic OH excluding ortho intramolecular Hbond substituents is 2. The van der Waals surface area contributed by atoms with Crippen LogP contribution < -0.4 is 0 Å². The highest BCUT2D eigenvalue weighted by Gasteiger charge is 2.46. The van der Waals surface area contributed by atoms with Crippen LogP contribution in [-0.2, 0) is 11.2 Å². The van der Waals surface area contributed by atoms with Crippen LogP contribution in [0.3, 0.4) is 0 Å². The first-order chi connectivity index (χ1) is 11.3. The minimum absolute atomic E-state index is 0.0193. The minimum Gasteiger partial charge on any atom is -0.508 e. The van der Waals surface area contributed by atoms with E-state index >= 15 is 0 Å². The van der Waals surface area contributed by atoms with E-state index in [-0.39, 0.29) is 24.5 Å². The summed E-state index contributed by atoms with van der Waals surface area (Å²) in [5.74, 6) is -1.90. The molecule has 2 aromatic carbocycles. The summed E-state index contributed by atoms with van der Waals surface area (Å²) in [6.45, 7) is -0.111. The van der Waals surface area contributed by atoms with Gasteiger partial charge in [-0.15, -0.1) is 0 Å². The van der Waals surface area contributed by atoms with E-state index in [9.17, 15) is 28.2 Å². The van der Waals surface area contributed by atoms with Crippen LogP contribution in [0.25, 0.3) is 0 Å². The van der Waals surface area contributed by atoms with E-state index < -0.39 is 18.1 Å². The standard InChI is InChI=1S/C17H14F3NO3/c18-17(19,20)16(24)21-8-7-11-9-13(23)5-6-14(11)15(21)10-1-3-12(22)4-2-10/h1-6,9,15,22-23H,7-8H2/t15-/m1/s1. The van der Waals surface area contributed by atoms with Gasteiger partial charge in [-0.2, -0.15) is 13.2 Å². The van der Waals surface area contributed by atoms with Gasteiger partial charge in [0.05, 0.1) is 6.04 Å². The van der Waals surface area contributed by atoms with Crippen molar-refractivity contribution in [2.45, 2.75) is 18.6 Å². The molecule has 24 heavy (non-hydrogen) atoms. The topological polar surface area (TPSA) is 60.8 Å². The molecule has 0 fully saturated rings. The lowest BCUT2D eigenvalue weighted by molar-refractivity contribution is -0.187. The van der Waals surface area contributed by atoms with Gasteiger partial charge in [0.1, 0.15) is 11.5 Å². The first kappa shape index (κ1) is 16.2. The third kappa shape index (κ3) is 2.89. The molecule has 1 aliphatic rings. The van der Waals surface area contributed by atoms with Crippen molar-refractivity contribution < 1.29 is 28.2 Å². The van der Waals surface area contributed by atoms with Crippen molar-refractivity contribution in [2.24, 2.45) is 0 Å². The summed E-state index contributed by atoms with van der Waals surface area (Å²) in [5.41, 5.74) is 1.68. The van der Waals surface area contributed by atoms with E-state index in [1.54, 1.807) is 0 Å². The zero-order valence-corrected chi connectivity index (χ0v) is 12.4. The lowest BCUT2D eigenvalue weighted by Crippen LogP contribution is -2.46. The first-order valence-corrected chi connectivity index (χ1v) is 7.26. The molecule has 7 heteroatoms. The van der Waals surface area contributed by atoms with Crippen molar-refractivity contribution in [3.63, 3.8) is 0 Å². The van der Waals surface area contributed by atoms with E-state index in [1.165, 1.54) is 42.5 Å². The quantitative estimate of drug-likeness (QED) is 0.840. The van der Waals surface area contributed by atoms with Gasteiger partial charge in [0.2, 0.25) is 0 Å². The fourth-order valence-electron chi connectivity index (χ4n) is 3.01. The van der Waals surface area contributed by atoms with Crippen LogP contribution in [0.5, 0.6) is 11.5 Å². The Balaban J connectivity index is 2.12. The molecule has 0 radical (unpaired) electrons. The molecule has 3 rings (SSSR count). The van der Waals surface area contributed by atoms with Gasteiger partial charge in [0, 0.05) is 6.54 Å². The minimum atomic E-state index is -4.97. The van der Waals surface area contributed by atoms with Crippen LogP contribution in [0.2, 0.25) is 0 Å². The summed E-state index contributed by atoms with van der Waals surface area (Å²) < 4.78 is 38.9. The number of hydrogen-bond acceptors (Lipinski definition) is 3. The number of phenols is 2. The molecule has 0 aliphatic carbocycles. The van der Waals surface area contributed by atoms with Crippen LogP contribution in [0.1, 0.15) is 22.7 Å². The predicted molar refractivity (Wildman–Crippen MR) is 79.5 cm³/mol. The molecule has 1 atom stereocenters. The molecule has 1 amide bonds. The number of amides is 1. The summed E-state index contributed by atoms with van der Waals surface area (Å²) in [6, 6.07) is 9.17. The maximum absolute atomic E-state index is 13.0. The maximum Gasteiger partial charge on any atom is 0.471 e. The van der Waals surface area contributed by atoms with E-state index in [2.05, 4.69) is 0 Å². The molecule has 0 spiro atoms. The molecule has 126 valence electrons. The van der Waals surface area contributed by atoms with Crippen molar-refractivity contribution in [1.82, 2.24) is 4.90 Å². The number of alkyl halides is 3. The molecule has 4 nitrogen and oxygen atoms in total. The predicted octanol–water partition coefficient (Wildman–Crippen LogP) is 3.13. The summed E-state index contributed by atoms with van der Waals surface area (Å²) in [6.07, 6.45) is -4.75. The smallest absolute Gasteiger partial charge is 0.471 e. The Kier molecular flexibility index (Phi) is 3.87. The highest BCUT2D eigenvalue weighted by Crippen LogP contribution is 2.39. The van der Waals surface area contributed by atoms with Gasteiger partial charge in [-0.1, -0.05) is 18.2 Å². The van der Waals surface area contributed by atoms with Crippen molar-refractivity contribution in [3.05, 3.63) is 59.2 Å². The highest BCUT2D eigenvalue weighted by molar-refractivity contribution is 5.83. The Morgan fingerprint density at radius 1 is 1.04 bits per heavy atom. The molecule has 2 aromatic rings. The number of aromatic hydroxyl groups is 2. The number of halogens is 3. The van der Waals surface area contributed by atoms with Gasteiger partial charge in [-0.05, 0) is 47.4 Å². The fourth-order valence-corrected chi connectivity index (χ4v) is 3.01. The van der Waals surface area contributed by atoms with Crippen LogP contribution in [-0.4, -0.2) is 33.7 Å². The number of benzene rings is 2. The second-order valence-electron chi connectivity index (χ2n) is 5.62. The van der Waals surface area contributed by atoms with Gasteiger partial charge in [0.15, 0.2) is 0 Å². The second kappa shape index (κ2) is 5.74. The SMILES string of the molecule is O=C(N1CCc2cc(O)ccc2[C@H]1c1ccc(O)cc1)C(F)(F)F. The van der Waals surface area contributed by atoms with Crippen LogP contribution in [0.4, 0.5) is 13.2 Å². The number of fused-ring (bicyclic) bond motifs is 1. The Labute approximate surface area is 135 Å². The molecule has 0 saturated heterocycles. The van der Waals surface area contributed by atoms with E-state index in [4.69, 9.17) is 0 Å². The van der Waals surface area contributed by atoms with Crippen LogP contribution >= 0.6 is 0 Å². The normalized spacial score (nSPS) is 17.5. The van der Waals surface area contributed by atoms with Crippen molar-refractivity contribution >= 4 is 5.91 Å². The zero-order chi connectivity index (χ0) is 17.5. The van der Waals surface area contributed by atoms with E-state index in [0.717, 1.165) is 4.90 Å². The van der Waals surface area contributed by atoms with Crippen molar-refractivity contribution in [1.29, 1.82) is 0 Å². The van der Waals surface area contributed by atoms with Gasteiger partial charge in [-0.3, -0.25) is 4.79 Å². The molecule has 1 heterocycles. The van der Waals surface area contributed by atoms with E-state index in [0.29, 0.717) is 16.7 Å². The number of nitrogens with zero attached hydrogens (tertiary/aromatic N) is 1. The summed E-state index contributed by atoms with van der Waals surface area (Å²) >= 11 is 0. The van der Waals surface area contributed by atoms with Gasteiger partial charge in [-0.25, -0.2) is 0 Å². The van der Waals surface area contributed by atoms with Crippen LogP contribution in [0.15, 0.2) is 42.5 Å². The third-order valence-corrected chi connectivity index (χ3v) is 4.07. The Morgan fingerprint density at radius 2 is 1.67 bits per heavy atom. The Hall–Kier alpha value is -2.70. The van der Waals surface area contributed by atoms with E-state index in [1.807, 2.05) is 0 Å². The molecular formula is C17H14F3NO3. The number of hydrogen-bond donors (Lipinski definition) is 2. The molecule has 2 N–H and O–H groups in total. The largest absolute Gasteiger partial charge is 0.508 e. The summed E-state index contributed by atoms with van der Waals surface area (Å²) in [4.78, 5) is 12.6. The van der Waals surface area contributed by atoms with Crippen molar-refractivity contribution in [3.8, 4) is 11.5 Å². The summed E-state index contributed by atoms with van der Waals surface area (Å²) in [5, 5.41) is 19.0. The third-order valence-electron chi connectivity index (χ3n) is 4.07. The molecule has 1 aliphatic heterocycles. The van der Waals surface area contributed by atoms with Gasteiger partial charge >= 0.3 is 12.1 Å². The first-order valence-electron chi connectivity index (χ1n) is 7.26. The molecule has 0 aromatic heterocycles. The lowest BCUT2D eigenvalue weighted by atomic mass is 9.88. The van der Waals surface area contributed by atoms with Gasteiger partial charge < -0.3 is 15.1 Å². The average molecular weight is 337 g/mol. The lowest BCUT2D eigenvalue weighted by Gasteiger charge is -2.38. The number of rotatable bonds is 1. The summed E-state index contributed by atoms with van der Waals surface area (Å²) in [7, 11) is 0. The highest BCUT2D eigenvalue weighted by atomic mass is 19.4. The Morgan fingerprint density at radius 3 is 2.29 bits per heavy atom. The average Bonchev–Trinajstić information content (AvgIpc) is 2.53. The Bertz CT molecular complexity index is 772. The second-order valence-corrected chi connectivity index (χ2v) is 5.62. The fraction of sp³-hybridized carbons (Fsp3) is 0.235. The van der Waals surface area contributed by atoms with Crippen LogP contribution in [0, 0.1) is 0 Å². The maximum atomic E-state index is 13.0. The molecular weight excluding hydrogens is 323 g/mol. The molecule has 0 unspecified atom stereocenters. The van der Waals surface area contributed by atoms with Gasteiger partial charge in [0.25, 0.3) is 0 Å². The monoisotopic (exact) mass is 337 g/mol. The number of carbonyl (C=O) groups is 1.